The van der Waals surface area contributed by atoms with Crippen molar-refractivity contribution in [1.29, 1.82) is 0 Å². The molecule has 2 aromatic carbocycles. The van der Waals surface area contributed by atoms with Crippen LogP contribution in [0.25, 0.3) is 0 Å². The fourth-order valence-electron chi connectivity index (χ4n) is 1.81. The molecule has 1 heterocycles. The zero-order valence-corrected chi connectivity index (χ0v) is 20.2. The fourth-order valence-corrected chi connectivity index (χ4v) is 5.06. The van der Waals surface area contributed by atoms with E-state index in [1.54, 1.807) is 30.5 Å². The third-order valence-electron chi connectivity index (χ3n) is 3.16. The SMILES string of the molecule is Clc1ccc(Cl)c(CBr)c1Cl.Clc1ccc(Cl)c(CSc2ncco2)c1Cl. The largest absolute Gasteiger partial charge is 0.440 e. The number of aromatic nitrogens is 1. The van der Waals surface area contributed by atoms with Crippen LogP contribution in [-0.4, -0.2) is 4.98 Å². The van der Waals surface area contributed by atoms with Gasteiger partial charge in [0, 0.05) is 32.3 Å². The van der Waals surface area contributed by atoms with Crippen LogP contribution in [0, 0.1) is 0 Å². The van der Waals surface area contributed by atoms with Crippen molar-refractivity contribution in [2.45, 2.75) is 16.3 Å². The molecule has 1 aromatic heterocycles. The van der Waals surface area contributed by atoms with Crippen LogP contribution in [0.15, 0.2) is 46.4 Å². The van der Waals surface area contributed by atoms with E-state index in [1.807, 2.05) is 0 Å². The van der Waals surface area contributed by atoms with Gasteiger partial charge in [0.05, 0.1) is 26.3 Å². The summed E-state index contributed by atoms with van der Waals surface area (Å²) >= 11 is 40.1. The van der Waals surface area contributed by atoms with E-state index in [0.29, 0.717) is 46.4 Å². The number of alkyl halides is 1. The van der Waals surface area contributed by atoms with Gasteiger partial charge in [-0.3, -0.25) is 0 Å². The smallest absolute Gasteiger partial charge is 0.255 e. The van der Waals surface area contributed by atoms with Crippen LogP contribution in [0.2, 0.25) is 30.1 Å². The number of thioether (sulfide) groups is 1. The first-order chi connectivity index (χ1) is 12.8. The van der Waals surface area contributed by atoms with E-state index >= 15 is 0 Å². The van der Waals surface area contributed by atoms with Gasteiger partial charge in [0.2, 0.25) is 0 Å². The molecular formula is C17H10BrCl6NOS. The summed E-state index contributed by atoms with van der Waals surface area (Å²) in [5, 5.41) is 4.45. The molecule has 0 spiro atoms. The monoisotopic (exact) mass is 565 g/mol. The Bertz CT molecular complexity index is 907. The number of benzene rings is 2. The van der Waals surface area contributed by atoms with Gasteiger partial charge in [-0.25, -0.2) is 4.98 Å². The maximum absolute atomic E-state index is 6.06. The summed E-state index contributed by atoms with van der Waals surface area (Å²) < 4.78 is 5.10. The predicted molar refractivity (Wildman–Crippen MR) is 122 cm³/mol. The number of rotatable bonds is 4. The third kappa shape index (κ3) is 6.61. The number of hydrogen-bond acceptors (Lipinski definition) is 3. The molecule has 144 valence electrons. The van der Waals surface area contributed by atoms with Crippen LogP contribution in [0.3, 0.4) is 0 Å². The standard InChI is InChI=1S/C10H6Cl3NOS.C7H4BrCl3/c11-7-1-2-8(12)9(13)6(7)5-16-10-14-3-4-15-10;8-3-4-5(9)1-2-6(10)7(4)11/h1-4H,5H2;1-2H,3H2. The van der Waals surface area contributed by atoms with Gasteiger partial charge in [0.25, 0.3) is 5.22 Å². The van der Waals surface area contributed by atoms with Gasteiger partial charge in [0.1, 0.15) is 6.26 Å². The molecule has 0 aliphatic carbocycles. The van der Waals surface area contributed by atoms with Gasteiger partial charge < -0.3 is 4.42 Å². The molecule has 10 heteroatoms. The van der Waals surface area contributed by atoms with Crippen LogP contribution in [-0.2, 0) is 11.1 Å². The Morgan fingerprint density at radius 3 is 1.81 bits per heavy atom. The van der Waals surface area contributed by atoms with Crippen LogP contribution in [0.5, 0.6) is 0 Å². The van der Waals surface area contributed by atoms with Crippen molar-refractivity contribution in [2.24, 2.45) is 0 Å². The second-order valence-corrected chi connectivity index (χ2v) is 8.74. The van der Waals surface area contributed by atoms with E-state index in [-0.39, 0.29) is 0 Å². The highest BCUT2D eigenvalue weighted by Crippen LogP contribution is 2.35. The van der Waals surface area contributed by atoms with Crippen molar-refractivity contribution >= 4 is 97.3 Å². The summed E-state index contributed by atoms with van der Waals surface area (Å²) in [7, 11) is 0. The lowest BCUT2D eigenvalue weighted by molar-refractivity contribution is 0.454. The lowest BCUT2D eigenvalue weighted by atomic mass is 10.2. The Hall–Kier alpha value is 0.220. The Kier molecular flexibility index (Phi) is 9.94. The maximum atomic E-state index is 6.06. The summed E-state index contributed by atoms with van der Waals surface area (Å²) in [5.74, 6) is 0.568. The van der Waals surface area contributed by atoms with E-state index in [2.05, 4.69) is 20.9 Å². The van der Waals surface area contributed by atoms with Gasteiger partial charge in [-0.2, -0.15) is 0 Å². The number of nitrogens with zero attached hydrogens (tertiary/aromatic N) is 1. The molecule has 0 N–H and O–H groups in total. The first-order valence-corrected chi connectivity index (χ1v) is 11.6. The minimum Gasteiger partial charge on any atom is -0.440 e. The molecule has 0 fully saturated rings. The van der Waals surface area contributed by atoms with E-state index in [4.69, 9.17) is 74.0 Å². The summed E-state index contributed by atoms with van der Waals surface area (Å²) in [6, 6.07) is 6.80. The summed E-state index contributed by atoms with van der Waals surface area (Å²) in [5.41, 5.74) is 1.62. The molecule has 0 unspecified atom stereocenters. The first-order valence-electron chi connectivity index (χ1n) is 7.18. The molecule has 3 aromatic rings. The molecule has 0 atom stereocenters. The van der Waals surface area contributed by atoms with E-state index in [1.165, 1.54) is 18.0 Å². The van der Waals surface area contributed by atoms with Gasteiger partial charge in [-0.05, 0) is 24.3 Å². The van der Waals surface area contributed by atoms with Gasteiger partial charge in [0.15, 0.2) is 0 Å². The minimum absolute atomic E-state index is 0.480. The van der Waals surface area contributed by atoms with E-state index in [0.717, 1.165) is 11.1 Å². The Labute approximate surface area is 199 Å². The molecule has 27 heavy (non-hydrogen) atoms. The normalized spacial score (nSPS) is 10.5. The molecule has 0 bridgehead atoms. The maximum Gasteiger partial charge on any atom is 0.255 e. The average Bonchev–Trinajstić information content (AvgIpc) is 3.16. The lowest BCUT2D eigenvalue weighted by Gasteiger charge is -2.06. The van der Waals surface area contributed by atoms with Crippen molar-refractivity contribution in [3.8, 4) is 0 Å². The van der Waals surface area contributed by atoms with Gasteiger partial charge >= 0.3 is 0 Å². The van der Waals surface area contributed by atoms with Crippen molar-refractivity contribution in [2.75, 3.05) is 0 Å². The number of oxazole rings is 1. The van der Waals surface area contributed by atoms with Crippen molar-refractivity contribution in [3.05, 3.63) is 78.0 Å². The molecule has 0 saturated carbocycles. The summed E-state index contributed by atoms with van der Waals surface area (Å²) in [4.78, 5) is 3.99. The zero-order valence-electron chi connectivity index (χ0n) is 13.3. The van der Waals surface area contributed by atoms with Gasteiger partial charge in [-0.1, -0.05) is 97.3 Å². The molecule has 0 radical (unpaired) electrons. The molecule has 2 nitrogen and oxygen atoms in total. The minimum atomic E-state index is 0.480. The van der Waals surface area contributed by atoms with Crippen LogP contribution >= 0.6 is 97.3 Å². The zero-order chi connectivity index (χ0) is 20.0. The first kappa shape index (κ1) is 23.5. The molecule has 0 amide bonds. The van der Waals surface area contributed by atoms with Crippen molar-refractivity contribution in [3.63, 3.8) is 0 Å². The Morgan fingerprint density at radius 1 is 0.815 bits per heavy atom. The average molecular weight is 569 g/mol. The highest BCUT2D eigenvalue weighted by molar-refractivity contribution is 9.08. The van der Waals surface area contributed by atoms with Crippen LogP contribution in [0.1, 0.15) is 11.1 Å². The molecule has 0 aliphatic rings. The molecule has 0 saturated heterocycles. The highest BCUT2D eigenvalue weighted by atomic mass is 79.9. The van der Waals surface area contributed by atoms with Crippen LogP contribution < -0.4 is 0 Å². The van der Waals surface area contributed by atoms with Crippen molar-refractivity contribution in [1.82, 2.24) is 4.98 Å². The number of halogens is 7. The van der Waals surface area contributed by atoms with Gasteiger partial charge in [-0.15, -0.1) is 0 Å². The Balaban J connectivity index is 0.000000208. The third-order valence-corrected chi connectivity index (χ3v) is 7.00. The Morgan fingerprint density at radius 2 is 1.33 bits per heavy atom. The topological polar surface area (TPSA) is 26.0 Å². The quantitative estimate of drug-likeness (QED) is 0.178. The summed E-state index contributed by atoms with van der Waals surface area (Å²) in [6.45, 7) is 0. The molecule has 0 aliphatic heterocycles. The van der Waals surface area contributed by atoms with E-state index < -0.39 is 0 Å². The molecule has 3 rings (SSSR count). The summed E-state index contributed by atoms with van der Waals surface area (Å²) in [6.07, 6.45) is 3.10. The second kappa shape index (κ2) is 11.4. The second-order valence-electron chi connectivity index (χ2n) is 4.86. The fraction of sp³-hybridized carbons (Fsp3) is 0.118. The molecular weight excluding hydrogens is 559 g/mol. The predicted octanol–water partition coefficient (Wildman–Crippen LogP) is 9.47. The lowest BCUT2D eigenvalue weighted by Crippen LogP contribution is -1.86. The van der Waals surface area contributed by atoms with Crippen LogP contribution in [0.4, 0.5) is 0 Å². The number of hydrogen-bond donors (Lipinski definition) is 0. The highest BCUT2D eigenvalue weighted by Gasteiger charge is 2.11. The van der Waals surface area contributed by atoms with Crippen molar-refractivity contribution < 1.29 is 4.42 Å². The van der Waals surface area contributed by atoms with E-state index in [9.17, 15) is 0 Å².